The Morgan fingerprint density at radius 1 is 1.12 bits per heavy atom. The number of nitrogens with zero attached hydrogens (tertiary/aromatic N) is 1. The van der Waals surface area contributed by atoms with Gasteiger partial charge < -0.3 is 4.74 Å². The molecule has 132 valence electrons. The number of anilines is 1. The van der Waals surface area contributed by atoms with Crippen molar-refractivity contribution in [2.45, 2.75) is 37.6 Å². The number of imide groups is 1. The minimum atomic E-state index is -4.59. The molecule has 0 radical (unpaired) electrons. The van der Waals surface area contributed by atoms with Crippen LogP contribution in [0.1, 0.15) is 25.8 Å². The Labute approximate surface area is 140 Å². The summed E-state index contributed by atoms with van der Waals surface area (Å²) < 4.78 is 44.5. The van der Waals surface area contributed by atoms with Gasteiger partial charge in [0.1, 0.15) is 5.60 Å². The number of ketones is 1. The molecule has 8 heteroatoms. The number of Topliss-reactive ketones (excluding diaryl/α,β-unsaturated/α-hetero) is 1. The smallest absolute Gasteiger partial charge is 0.359 e. The van der Waals surface area contributed by atoms with E-state index in [4.69, 9.17) is 4.74 Å². The zero-order valence-electron chi connectivity index (χ0n) is 13.4. The van der Waals surface area contributed by atoms with Crippen LogP contribution in [0.3, 0.4) is 0 Å². The highest BCUT2D eigenvalue weighted by molar-refractivity contribution is 6.25. The van der Waals surface area contributed by atoms with Crippen molar-refractivity contribution in [2.75, 3.05) is 4.90 Å². The van der Waals surface area contributed by atoms with Crippen LogP contribution in [0.25, 0.3) is 0 Å². The molecule has 0 saturated carbocycles. The van der Waals surface area contributed by atoms with Crippen LogP contribution in [0.4, 0.5) is 18.9 Å². The van der Waals surface area contributed by atoms with Crippen LogP contribution >= 0.6 is 0 Å². The maximum Gasteiger partial charge on any atom is 0.416 e. The lowest BCUT2D eigenvalue weighted by atomic mass is 9.68. The van der Waals surface area contributed by atoms with E-state index in [9.17, 15) is 27.6 Å². The lowest BCUT2D eigenvalue weighted by Gasteiger charge is -2.26. The van der Waals surface area contributed by atoms with Gasteiger partial charge in [0.15, 0.2) is 5.78 Å². The van der Waals surface area contributed by atoms with Gasteiger partial charge in [0.2, 0.25) is 11.8 Å². The summed E-state index contributed by atoms with van der Waals surface area (Å²) in [5, 5.41) is 0. The van der Waals surface area contributed by atoms with E-state index in [0.717, 1.165) is 23.1 Å². The van der Waals surface area contributed by atoms with Gasteiger partial charge in [0.05, 0.1) is 28.7 Å². The molecule has 4 atom stereocenters. The number of ether oxygens (including phenoxy) is 1. The first-order valence-corrected chi connectivity index (χ1v) is 7.77. The fourth-order valence-corrected chi connectivity index (χ4v) is 4.40. The van der Waals surface area contributed by atoms with E-state index in [-0.39, 0.29) is 17.9 Å². The number of amides is 2. The quantitative estimate of drug-likeness (QED) is 0.727. The molecule has 1 aromatic rings. The number of fused-ring (bicyclic) bond motifs is 5. The monoisotopic (exact) mass is 353 g/mol. The molecule has 3 aliphatic heterocycles. The molecule has 2 bridgehead atoms. The average Bonchev–Trinajstić information content (AvgIpc) is 3.00. The number of alkyl halides is 3. The second kappa shape index (κ2) is 4.49. The summed E-state index contributed by atoms with van der Waals surface area (Å²) in [7, 11) is 0. The Morgan fingerprint density at radius 3 is 2.40 bits per heavy atom. The van der Waals surface area contributed by atoms with Crippen LogP contribution < -0.4 is 4.90 Å². The topological polar surface area (TPSA) is 63.7 Å². The molecule has 0 N–H and O–H groups in total. The SMILES string of the molecule is C[C@]12CC(=O)[C@](C)(O1)[C@@H]1C(=O)N(c3cccc(C(F)(F)F)c3)C(=O)[C@@H]12. The molecule has 0 spiro atoms. The number of rotatable bonds is 1. The molecule has 5 nitrogen and oxygen atoms in total. The zero-order chi connectivity index (χ0) is 18.4. The Bertz CT molecular complexity index is 835. The largest absolute Gasteiger partial charge is 0.416 e. The van der Waals surface area contributed by atoms with Gasteiger partial charge in [0.25, 0.3) is 0 Å². The summed E-state index contributed by atoms with van der Waals surface area (Å²) in [4.78, 5) is 38.7. The average molecular weight is 353 g/mol. The molecule has 2 amide bonds. The summed E-state index contributed by atoms with van der Waals surface area (Å²) >= 11 is 0. The molecule has 3 fully saturated rings. The van der Waals surface area contributed by atoms with Crippen LogP contribution in [0.2, 0.25) is 0 Å². The molecule has 3 heterocycles. The standard InChI is InChI=1S/C17H14F3NO4/c1-15-7-10(22)16(2,25-15)12-11(15)13(23)21(14(12)24)9-5-3-4-8(6-9)17(18,19)20/h3-6,11-12H,7H2,1-2H3/t11-,12+,15-,16+/m1/s1. The van der Waals surface area contributed by atoms with Gasteiger partial charge >= 0.3 is 6.18 Å². The number of benzene rings is 1. The number of carbonyl (C=O) groups excluding carboxylic acids is 3. The third kappa shape index (κ3) is 1.91. The first-order chi connectivity index (χ1) is 11.5. The molecular weight excluding hydrogens is 339 g/mol. The van der Waals surface area contributed by atoms with Crippen molar-refractivity contribution < 1.29 is 32.3 Å². The molecule has 3 aliphatic rings. The first-order valence-electron chi connectivity index (χ1n) is 7.77. The van der Waals surface area contributed by atoms with Gasteiger partial charge in [-0.15, -0.1) is 0 Å². The Morgan fingerprint density at radius 2 is 1.76 bits per heavy atom. The van der Waals surface area contributed by atoms with E-state index in [1.807, 2.05) is 0 Å². The minimum absolute atomic E-state index is 0.0140. The second-order valence-corrected chi connectivity index (χ2v) is 7.14. The van der Waals surface area contributed by atoms with Gasteiger partial charge in [-0.1, -0.05) is 6.07 Å². The number of carbonyl (C=O) groups is 3. The molecule has 25 heavy (non-hydrogen) atoms. The molecule has 3 saturated heterocycles. The van der Waals surface area contributed by atoms with Crippen molar-refractivity contribution in [3.8, 4) is 0 Å². The third-order valence-corrected chi connectivity index (χ3v) is 5.50. The van der Waals surface area contributed by atoms with E-state index >= 15 is 0 Å². The number of hydrogen-bond acceptors (Lipinski definition) is 4. The van der Waals surface area contributed by atoms with Crippen molar-refractivity contribution in [1.82, 2.24) is 0 Å². The van der Waals surface area contributed by atoms with Crippen LogP contribution in [-0.2, 0) is 25.3 Å². The van der Waals surface area contributed by atoms with Crippen LogP contribution in [-0.4, -0.2) is 28.8 Å². The summed E-state index contributed by atoms with van der Waals surface area (Å²) in [6.07, 6.45) is -4.58. The minimum Gasteiger partial charge on any atom is -0.359 e. The van der Waals surface area contributed by atoms with E-state index in [2.05, 4.69) is 0 Å². The van der Waals surface area contributed by atoms with Gasteiger partial charge in [-0.05, 0) is 32.0 Å². The molecule has 1 aromatic carbocycles. The number of hydrogen-bond donors (Lipinski definition) is 0. The number of halogens is 3. The van der Waals surface area contributed by atoms with Crippen molar-refractivity contribution in [3.05, 3.63) is 29.8 Å². The van der Waals surface area contributed by atoms with E-state index in [1.54, 1.807) is 6.92 Å². The first kappa shape index (κ1) is 16.3. The van der Waals surface area contributed by atoms with Crippen LogP contribution in [0, 0.1) is 11.8 Å². The maximum absolute atomic E-state index is 12.9. The lowest BCUT2D eigenvalue weighted by Crippen LogP contribution is -2.46. The van der Waals surface area contributed by atoms with Crippen molar-refractivity contribution >= 4 is 23.3 Å². The Balaban J connectivity index is 1.79. The fraction of sp³-hybridized carbons (Fsp3) is 0.471. The summed E-state index contributed by atoms with van der Waals surface area (Å²) in [5.41, 5.74) is -3.59. The molecule has 0 aromatic heterocycles. The van der Waals surface area contributed by atoms with Crippen LogP contribution in [0.15, 0.2) is 24.3 Å². The Hall–Kier alpha value is -2.22. The highest BCUT2D eigenvalue weighted by Gasteiger charge is 2.76. The highest BCUT2D eigenvalue weighted by Crippen LogP contribution is 2.59. The molecular formula is C17H14F3NO4. The van der Waals surface area contributed by atoms with Crippen molar-refractivity contribution in [2.24, 2.45) is 11.8 Å². The van der Waals surface area contributed by atoms with Crippen molar-refractivity contribution in [3.63, 3.8) is 0 Å². The van der Waals surface area contributed by atoms with Gasteiger partial charge in [-0.25, -0.2) is 4.90 Å². The molecule has 0 aliphatic carbocycles. The normalized spacial score (nSPS) is 37.2. The van der Waals surface area contributed by atoms with E-state index < -0.39 is 46.6 Å². The third-order valence-electron chi connectivity index (χ3n) is 5.50. The lowest BCUT2D eigenvalue weighted by molar-refractivity contribution is -0.140. The summed E-state index contributed by atoms with van der Waals surface area (Å²) in [5.74, 6) is -3.43. The predicted molar refractivity (Wildman–Crippen MR) is 78.4 cm³/mol. The molecule has 4 rings (SSSR count). The van der Waals surface area contributed by atoms with Gasteiger partial charge in [-0.3, -0.25) is 14.4 Å². The van der Waals surface area contributed by atoms with E-state index in [0.29, 0.717) is 0 Å². The second-order valence-electron chi connectivity index (χ2n) is 7.14. The predicted octanol–water partition coefficient (Wildman–Crippen LogP) is 2.33. The maximum atomic E-state index is 12.9. The van der Waals surface area contributed by atoms with Gasteiger partial charge in [-0.2, -0.15) is 13.2 Å². The van der Waals surface area contributed by atoms with Gasteiger partial charge in [0, 0.05) is 6.42 Å². The van der Waals surface area contributed by atoms with Crippen molar-refractivity contribution in [1.29, 1.82) is 0 Å². The van der Waals surface area contributed by atoms with Crippen LogP contribution in [0.5, 0.6) is 0 Å². The van der Waals surface area contributed by atoms with E-state index in [1.165, 1.54) is 13.0 Å². The highest BCUT2D eigenvalue weighted by atomic mass is 19.4. The fourth-order valence-electron chi connectivity index (χ4n) is 4.40. The molecule has 0 unspecified atom stereocenters. The Kier molecular flexibility index (Phi) is 2.92. The summed E-state index contributed by atoms with van der Waals surface area (Å²) in [6, 6.07) is 4.06. The summed E-state index contributed by atoms with van der Waals surface area (Å²) in [6.45, 7) is 3.08. The zero-order valence-corrected chi connectivity index (χ0v) is 13.4.